The molecule has 1 amide bonds. The van der Waals surface area contributed by atoms with Crippen molar-refractivity contribution in [2.24, 2.45) is 0 Å². The van der Waals surface area contributed by atoms with Gasteiger partial charge in [-0.15, -0.1) is 6.08 Å². The van der Waals surface area contributed by atoms with E-state index < -0.39 is 0 Å². The second-order valence-electron chi connectivity index (χ2n) is 4.38. The van der Waals surface area contributed by atoms with E-state index in [-0.39, 0.29) is 19.4 Å². The van der Waals surface area contributed by atoms with Gasteiger partial charge in [-0.2, -0.15) is 24.1 Å². The van der Waals surface area contributed by atoms with Crippen molar-refractivity contribution in [3.63, 3.8) is 0 Å². The summed E-state index contributed by atoms with van der Waals surface area (Å²) in [7, 11) is 0. The minimum absolute atomic E-state index is 0. The number of rotatable bonds is 1. The Hall–Kier alpha value is -2.44. The monoisotopic (exact) mass is 479 g/mol. The van der Waals surface area contributed by atoms with E-state index in [4.69, 9.17) is 0 Å². The zero-order valence-electron chi connectivity index (χ0n) is 10.7. The molecular formula is C14H19LrNO-2. The molecule has 103 valence electrons. The van der Waals surface area contributed by atoms with Crippen molar-refractivity contribution in [2.75, 3.05) is 6.54 Å². The van der Waals surface area contributed by atoms with Crippen LogP contribution in [0.3, 0.4) is 0 Å². The van der Waals surface area contributed by atoms with Gasteiger partial charge in [0, 0.05) is 12.6 Å². The van der Waals surface area contributed by atoms with Crippen molar-refractivity contribution in [2.45, 2.75) is 26.8 Å². The Bertz CT molecular complexity index is 380. The third kappa shape index (κ3) is 2.39. The Labute approximate surface area is 98.3 Å². The average molecular weight is 479 g/mol. The third-order valence-electron chi connectivity index (χ3n) is 2.86. The van der Waals surface area contributed by atoms with E-state index in [0.717, 1.165) is 17.7 Å². The van der Waals surface area contributed by atoms with Gasteiger partial charge in [0.1, 0.15) is 0 Å². The number of carbonyl (C=O) groups is 1. The number of hydrogen-bond acceptors (Lipinski definition) is 1. The van der Waals surface area contributed by atoms with Gasteiger partial charge in [-0.1, -0.05) is 12.5 Å². The molecule has 0 aromatic carbocycles. The van der Waals surface area contributed by atoms with Gasteiger partial charge >= 0.3 is 0 Å². The van der Waals surface area contributed by atoms with Crippen molar-refractivity contribution < 1.29 is 4.79 Å². The normalized spacial score (nSPS) is 18.0. The molecule has 0 fully saturated rings. The summed E-state index contributed by atoms with van der Waals surface area (Å²) in [5, 5.41) is 0. The molecule has 1 radical (unpaired) electrons. The first-order chi connectivity index (χ1) is 7.09. The molecule has 0 saturated carbocycles. The van der Waals surface area contributed by atoms with Crippen molar-refractivity contribution in [1.29, 1.82) is 0 Å². The van der Waals surface area contributed by atoms with Crippen LogP contribution in [0.2, 0.25) is 0 Å². The number of allylic oxidation sites excluding steroid dienone is 2. The summed E-state index contributed by atoms with van der Waals surface area (Å²) in [6, 6.07) is 0.274. The molecule has 2 aliphatic rings. The zero-order chi connectivity index (χ0) is 11.0. The van der Waals surface area contributed by atoms with Gasteiger partial charge in [0.15, 0.2) is 0 Å². The second-order valence-corrected chi connectivity index (χ2v) is 4.38. The number of carbonyl (C=O) groups excluding carboxylic acids is 1. The fourth-order valence-corrected chi connectivity index (χ4v) is 1.87. The van der Waals surface area contributed by atoms with Crippen molar-refractivity contribution in [1.82, 2.24) is 4.90 Å². The van der Waals surface area contributed by atoms with Crippen LogP contribution in [0, 0.1) is 13.3 Å². The van der Waals surface area contributed by atoms with Gasteiger partial charge in [0.2, 0.25) is 5.91 Å². The first kappa shape index (κ1) is 14.6. The van der Waals surface area contributed by atoms with Crippen LogP contribution >= 0.6 is 0 Å². The maximum atomic E-state index is 12.0. The quantitative estimate of drug-likeness (QED) is 0.530. The average Bonchev–Trinajstić information content (AvgIpc) is 2.37. The topological polar surface area (TPSA) is 20.3 Å². The summed E-state index contributed by atoms with van der Waals surface area (Å²) >= 11 is 0. The summed E-state index contributed by atoms with van der Waals surface area (Å²) in [6.45, 7) is 6.89. The van der Waals surface area contributed by atoms with E-state index in [1.165, 1.54) is 5.92 Å². The molecular weight excluding hydrogens is 460 g/mol. The van der Waals surface area contributed by atoms with Gasteiger partial charge < -0.3 is 12.3 Å². The van der Waals surface area contributed by atoms with E-state index in [1.54, 1.807) is 0 Å². The summed E-state index contributed by atoms with van der Waals surface area (Å²) < 4.78 is 0. The maximum absolute atomic E-state index is 12.0. The van der Waals surface area contributed by atoms with Crippen molar-refractivity contribution >= 4 is 5.91 Å². The molecule has 0 N–H and O–H groups in total. The molecule has 1 aliphatic carbocycles. The van der Waals surface area contributed by atoms with Gasteiger partial charge in [0.25, 0.3) is 0 Å². The number of amides is 1. The summed E-state index contributed by atoms with van der Waals surface area (Å²) in [5.41, 5.74) is 2.00. The molecule has 0 unspecified atom stereocenters. The zero-order valence-corrected chi connectivity index (χ0v) is 12.9. The second kappa shape index (κ2) is 5.06. The van der Waals surface area contributed by atoms with Crippen LogP contribution in [0.15, 0.2) is 35.5 Å². The van der Waals surface area contributed by atoms with E-state index in [1.807, 2.05) is 24.0 Å². The molecule has 1 aliphatic heterocycles. The third-order valence-corrected chi connectivity index (χ3v) is 2.86. The largest absolute Gasteiger partial charge is 0.358 e. The molecule has 1 heterocycles. The minimum atomic E-state index is 0. The van der Waals surface area contributed by atoms with Crippen LogP contribution in [-0.2, 0) is 4.79 Å². The SMILES string of the molecule is C[C-]1C=CC2=C(C=C1)C(=O)N(C(C)C)C2.[CH3-].[Lr]. The Balaban J connectivity index is 0.00000128. The predicted octanol–water partition coefficient (Wildman–Crippen LogP) is 2.70. The van der Waals surface area contributed by atoms with Crippen molar-refractivity contribution in [3.8, 4) is 0 Å². The molecule has 3 heteroatoms. The van der Waals surface area contributed by atoms with E-state index in [2.05, 4.69) is 26.0 Å². The maximum Gasteiger partial charge on any atom is 0.241 e. The molecule has 0 aromatic rings. The summed E-state index contributed by atoms with van der Waals surface area (Å²) in [6.07, 6.45) is 8.07. The molecule has 0 saturated heterocycles. The Morgan fingerprint density at radius 3 is 2.47 bits per heavy atom. The molecule has 0 aromatic heterocycles. The Kier molecular flexibility index (Phi) is 4.33. The Morgan fingerprint density at radius 2 is 1.88 bits per heavy atom. The first-order valence-corrected chi connectivity index (χ1v) is 5.33. The molecule has 0 spiro atoms. The molecule has 0 atom stereocenters. The van der Waals surface area contributed by atoms with Crippen LogP contribution in [-0.4, -0.2) is 23.4 Å². The fraction of sp³-hybridized carbons (Fsp3) is 0.357. The summed E-state index contributed by atoms with van der Waals surface area (Å²) in [4.78, 5) is 13.9. The molecule has 2 rings (SSSR count). The van der Waals surface area contributed by atoms with Crippen LogP contribution < -0.4 is 0 Å². The van der Waals surface area contributed by atoms with Gasteiger partial charge in [-0.05, 0) is 19.4 Å². The van der Waals surface area contributed by atoms with Gasteiger partial charge in [-0.3, -0.25) is 4.79 Å². The Morgan fingerprint density at radius 1 is 1.29 bits per heavy atom. The van der Waals surface area contributed by atoms with Crippen molar-refractivity contribution in [3.05, 3.63) is 48.8 Å². The molecule has 17 heavy (non-hydrogen) atoms. The molecule has 0 bridgehead atoms. The van der Waals surface area contributed by atoms with Crippen LogP contribution in [0.25, 0.3) is 0 Å². The molecule has 2 nitrogen and oxygen atoms in total. The minimum Gasteiger partial charge on any atom is -0.358 e. The van der Waals surface area contributed by atoms with Crippen LogP contribution in [0.4, 0.5) is 0 Å². The van der Waals surface area contributed by atoms with Gasteiger partial charge in [0.05, 0.1) is 0 Å². The van der Waals surface area contributed by atoms with Gasteiger partial charge in [-0.25, -0.2) is 0 Å². The number of nitrogens with zero attached hydrogens (tertiary/aromatic N) is 1. The number of hydrogen-bond donors (Lipinski definition) is 0. The van der Waals surface area contributed by atoms with E-state index in [0.29, 0.717) is 0 Å². The standard InChI is InChI=1S/C13H16NO.CH3.Lr/c1-9(2)14-8-11-6-4-10(3)5-7-12(11)13(14)15;;/h4-7,9H,8H2,1-3H3;1H3;/q2*-1;. The van der Waals surface area contributed by atoms with Crippen LogP contribution in [0.1, 0.15) is 20.8 Å². The first-order valence-electron chi connectivity index (χ1n) is 5.33. The van der Waals surface area contributed by atoms with E-state index in [9.17, 15) is 4.79 Å². The fourth-order valence-electron chi connectivity index (χ4n) is 1.87. The predicted molar refractivity (Wildman–Crippen MR) is 67.5 cm³/mol. The van der Waals surface area contributed by atoms with E-state index >= 15 is 0 Å². The van der Waals surface area contributed by atoms with Crippen LogP contribution in [0.5, 0.6) is 0 Å². The smallest absolute Gasteiger partial charge is 0.241 e. The summed E-state index contributed by atoms with van der Waals surface area (Å²) in [5.74, 6) is 1.35.